The predicted octanol–water partition coefficient (Wildman–Crippen LogP) is 2.54. The molecule has 0 bridgehead atoms. The molecule has 12 heteroatoms. The minimum absolute atomic E-state index is 0.0879. The number of nitro groups is 1. The van der Waals surface area contributed by atoms with Crippen LogP contribution in [0.5, 0.6) is 0 Å². The van der Waals surface area contributed by atoms with Crippen molar-refractivity contribution in [3.8, 4) is 11.3 Å². The molecule has 1 spiro atoms. The zero-order valence-corrected chi connectivity index (χ0v) is 18.2. The molecule has 34 heavy (non-hydrogen) atoms. The summed E-state index contributed by atoms with van der Waals surface area (Å²) in [6.07, 6.45) is 2.57. The zero-order chi connectivity index (χ0) is 24.5. The molecule has 2 aliphatic rings. The number of nitrogens with zero attached hydrogens (tertiary/aromatic N) is 2. The van der Waals surface area contributed by atoms with E-state index in [-0.39, 0.29) is 17.2 Å². The molecule has 4 rings (SSSR count). The first-order valence-electron chi connectivity index (χ1n) is 10.7. The lowest BCUT2D eigenvalue weighted by Crippen LogP contribution is -2.52. The molecular weight excluding hydrogens is 448 g/mol. The molecule has 0 atom stereocenters. The monoisotopic (exact) mass is 470 g/mol. The van der Waals surface area contributed by atoms with Crippen molar-refractivity contribution in [3.05, 3.63) is 52.3 Å². The number of furan rings is 1. The van der Waals surface area contributed by atoms with E-state index in [4.69, 9.17) is 9.15 Å². The van der Waals surface area contributed by atoms with Crippen LogP contribution in [-0.2, 0) is 14.3 Å². The smallest absolute Gasteiger partial charge is 0.374 e. The van der Waals surface area contributed by atoms with Crippen molar-refractivity contribution in [2.75, 3.05) is 6.61 Å². The molecule has 1 aromatic carbocycles. The van der Waals surface area contributed by atoms with Gasteiger partial charge in [0.1, 0.15) is 11.3 Å². The van der Waals surface area contributed by atoms with Crippen LogP contribution in [0.3, 0.4) is 0 Å². The summed E-state index contributed by atoms with van der Waals surface area (Å²) in [6.45, 7) is 1.34. The number of urea groups is 1. The first kappa shape index (κ1) is 23.0. The molecule has 4 amide bonds. The number of nitrogens with one attached hydrogen (secondary N) is 2. The number of benzene rings is 1. The third-order valence-corrected chi connectivity index (χ3v) is 6.03. The Kier molecular flexibility index (Phi) is 6.05. The number of non-ortho nitro benzene ring substituents is 1. The van der Waals surface area contributed by atoms with Gasteiger partial charge in [-0.25, -0.2) is 9.59 Å². The van der Waals surface area contributed by atoms with Gasteiger partial charge >= 0.3 is 12.0 Å². The summed E-state index contributed by atoms with van der Waals surface area (Å²) in [4.78, 5) is 59.7. The van der Waals surface area contributed by atoms with E-state index < -0.39 is 40.9 Å². The quantitative estimate of drug-likeness (QED) is 0.282. The Labute approximate surface area is 193 Å². The highest BCUT2D eigenvalue weighted by Gasteiger charge is 2.52. The summed E-state index contributed by atoms with van der Waals surface area (Å²) in [5, 5.41) is 14.1. The third kappa shape index (κ3) is 4.47. The number of carbonyl (C=O) groups excluding carboxylic acids is 4. The Morgan fingerprint density at radius 2 is 1.88 bits per heavy atom. The van der Waals surface area contributed by atoms with E-state index in [0.717, 1.165) is 12.8 Å². The van der Waals surface area contributed by atoms with Crippen molar-refractivity contribution in [3.63, 3.8) is 0 Å². The van der Waals surface area contributed by atoms with Crippen LogP contribution in [0.1, 0.15) is 43.2 Å². The van der Waals surface area contributed by atoms with Crippen molar-refractivity contribution >= 4 is 29.5 Å². The number of nitro benzene ring substituents is 1. The Hall–Kier alpha value is -4.22. The van der Waals surface area contributed by atoms with Crippen LogP contribution in [-0.4, -0.2) is 45.9 Å². The zero-order valence-electron chi connectivity index (χ0n) is 18.2. The van der Waals surface area contributed by atoms with Crippen LogP contribution >= 0.6 is 0 Å². The van der Waals surface area contributed by atoms with E-state index in [1.54, 1.807) is 0 Å². The molecule has 0 radical (unpaired) electrons. The molecule has 12 nitrogen and oxygen atoms in total. The number of imide groups is 1. The highest BCUT2D eigenvalue weighted by atomic mass is 16.6. The Morgan fingerprint density at radius 1 is 1.21 bits per heavy atom. The molecule has 1 aromatic heterocycles. The SMILES string of the molecule is CC1CCC2(CC1)NC(=O)N(NC(=O)COC(=O)c1ccc(-c3ccc([N+](=O)[O-])cc3)o1)C2=O. The van der Waals surface area contributed by atoms with Crippen molar-refractivity contribution in [1.29, 1.82) is 0 Å². The number of rotatable bonds is 6. The van der Waals surface area contributed by atoms with Gasteiger partial charge in [-0.1, -0.05) is 6.92 Å². The van der Waals surface area contributed by atoms with Gasteiger partial charge in [-0.3, -0.25) is 25.1 Å². The topological polar surface area (TPSA) is 161 Å². The van der Waals surface area contributed by atoms with E-state index in [9.17, 15) is 29.3 Å². The average molecular weight is 470 g/mol. The molecular formula is C22H22N4O8. The minimum atomic E-state index is -1.00. The second kappa shape index (κ2) is 8.96. The molecule has 1 saturated carbocycles. The molecule has 1 aliphatic carbocycles. The highest BCUT2D eigenvalue weighted by Crippen LogP contribution is 2.35. The lowest BCUT2D eigenvalue weighted by Gasteiger charge is -2.33. The Morgan fingerprint density at radius 3 is 2.53 bits per heavy atom. The predicted molar refractivity (Wildman–Crippen MR) is 115 cm³/mol. The molecule has 1 aliphatic heterocycles. The minimum Gasteiger partial charge on any atom is -0.450 e. The molecule has 0 unspecified atom stereocenters. The van der Waals surface area contributed by atoms with Crippen LogP contribution in [0.15, 0.2) is 40.8 Å². The summed E-state index contributed by atoms with van der Waals surface area (Å²) in [7, 11) is 0. The largest absolute Gasteiger partial charge is 0.450 e. The van der Waals surface area contributed by atoms with E-state index in [0.29, 0.717) is 29.3 Å². The summed E-state index contributed by atoms with van der Waals surface area (Å²) in [5.41, 5.74) is 1.60. The summed E-state index contributed by atoms with van der Waals surface area (Å²) in [5.74, 6) is -1.77. The fraction of sp³-hybridized carbons (Fsp3) is 0.364. The fourth-order valence-electron chi connectivity index (χ4n) is 4.02. The van der Waals surface area contributed by atoms with E-state index in [1.807, 2.05) is 0 Å². The van der Waals surface area contributed by atoms with Gasteiger partial charge < -0.3 is 14.5 Å². The maximum atomic E-state index is 12.8. The molecule has 2 aromatic rings. The second-order valence-electron chi connectivity index (χ2n) is 8.41. The first-order valence-corrected chi connectivity index (χ1v) is 10.7. The maximum absolute atomic E-state index is 12.8. The lowest BCUT2D eigenvalue weighted by molar-refractivity contribution is -0.384. The van der Waals surface area contributed by atoms with Crippen LogP contribution in [0.2, 0.25) is 0 Å². The van der Waals surface area contributed by atoms with Crippen molar-refractivity contribution in [1.82, 2.24) is 15.8 Å². The maximum Gasteiger partial charge on any atom is 0.374 e. The number of carbonyl (C=O) groups is 4. The summed E-state index contributed by atoms with van der Waals surface area (Å²) in [6, 6.07) is 7.63. The molecule has 1 saturated heterocycles. The van der Waals surface area contributed by atoms with Gasteiger partial charge in [0.25, 0.3) is 17.5 Å². The van der Waals surface area contributed by atoms with E-state index >= 15 is 0 Å². The number of hydrazine groups is 1. The van der Waals surface area contributed by atoms with Gasteiger partial charge in [-0.2, -0.15) is 5.01 Å². The van der Waals surface area contributed by atoms with Crippen LogP contribution in [0.25, 0.3) is 11.3 Å². The summed E-state index contributed by atoms with van der Waals surface area (Å²) >= 11 is 0. The van der Waals surface area contributed by atoms with Crippen LogP contribution < -0.4 is 10.7 Å². The molecule has 2 N–H and O–H groups in total. The van der Waals surface area contributed by atoms with Crippen molar-refractivity contribution in [2.45, 2.75) is 38.1 Å². The normalized spacial score (nSPS) is 21.9. The van der Waals surface area contributed by atoms with Gasteiger partial charge in [0.05, 0.1) is 4.92 Å². The number of hydrogen-bond acceptors (Lipinski definition) is 8. The van der Waals surface area contributed by atoms with Crippen LogP contribution in [0.4, 0.5) is 10.5 Å². The summed E-state index contributed by atoms with van der Waals surface area (Å²) < 4.78 is 10.3. The van der Waals surface area contributed by atoms with Gasteiger partial charge in [-0.05, 0) is 55.9 Å². The lowest BCUT2D eigenvalue weighted by atomic mass is 9.77. The molecule has 2 fully saturated rings. The molecule has 178 valence electrons. The van der Waals surface area contributed by atoms with E-state index in [1.165, 1.54) is 36.4 Å². The average Bonchev–Trinajstić information content (AvgIpc) is 3.40. The second-order valence-corrected chi connectivity index (χ2v) is 8.41. The fourth-order valence-corrected chi connectivity index (χ4v) is 4.02. The molecule has 2 heterocycles. The van der Waals surface area contributed by atoms with Crippen molar-refractivity contribution < 1.29 is 33.3 Å². The van der Waals surface area contributed by atoms with Gasteiger partial charge in [0.15, 0.2) is 6.61 Å². The van der Waals surface area contributed by atoms with Crippen molar-refractivity contribution in [2.24, 2.45) is 5.92 Å². The highest BCUT2D eigenvalue weighted by molar-refractivity contribution is 6.08. The number of hydrogen-bond donors (Lipinski definition) is 2. The van der Waals surface area contributed by atoms with Gasteiger partial charge in [0, 0.05) is 17.7 Å². The van der Waals surface area contributed by atoms with E-state index in [2.05, 4.69) is 17.7 Å². The third-order valence-electron chi connectivity index (χ3n) is 6.03. The Bertz CT molecular complexity index is 1150. The Balaban J connectivity index is 1.31. The standard InChI is InChI=1S/C22H22N4O8/c1-13-8-10-22(11-9-13)20(29)25(21(30)23-22)24-18(27)12-33-19(28)17-7-6-16(34-17)14-2-4-15(5-3-14)26(31)32/h2-7,13H,8-12H2,1H3,(H,23,30)(H,24,27). The number of esters is 1. The van der Waals surface area contributed by atoms with Gasteiger partial charge in [-0.15, -0.1) is 0 Å². The van der Waals surface area contributed by atoms with Crippen LogP contribution in [0, 0.1) is 16.0 Å². The number of amides is 4. The first-order chi connectivity index (χ1) is 16.2. The number of ether oxygens (including phenoxy) is 1. The van der Waals surface area contributed by atoms with Gasteiger partial charge in [0.2, 0.25) is 5.76 Å².